The highest BCUT2D eigenvalue weighted by Gasteiger charge is 2.03. The summed E-state index contributed by atoms with van der Waals surface area (Å²) in [6.07, 6.45) is 2.19. The van der Waals surface area contributed by atoms with Crippen LogP contribution in [0.15, 0.2) is 22.8 Å². The maximum absolute atomic E-state index is 11.5. The number of nitrogens with one attached hydrogen (secondary N) is 2. The Labute approximate surface area is 113 Å². The summed E-state index contributed by atoms with van der Waals surface area (Å²) in [6.45, 7) is 0.630. The summed E-state index contributed by atoms with van der Waals surface area (Å²) in [4.78, 5) is 25.7. The van der Waals surface area contributed by atoms with Gasteiger partial charge in [-0.05, 0) is 41.0 Å². The van der Waals surface area contributed by atoms with E-state index in [-0.39, 0.29) is 18.9 Å². The van der Waals surface area contributed by atoms with Crippen LogP contribution >= 0.6 is 15.9 Å². The number of rotatable bonds is 7. The summed E-state index contributed by atoms with van der Waals surface area (Å²) in [5.74, 6) is -0.559. The fourth-order valence-electron chi connectivity index (χ4n) is 1.20. The third-order valence-electron chi connectivity index (χ3n) is 2.02. The van der Waals surface area contributed by atoms with Crippen molar-refractivity contribution >= 4 is 33.6 Å². The van der Waals surface area contributed by atoms with Crippen molar-refractivity contribution in [3.63, 3.8) is 0 Å². The molecule has 1 amide bonds. The van der Waals surface area contributed by atoms with E-state index in [0.717, 1.165) is 4.47 Å². The minimum absolute atomic E-state index is 0.100. The average Bonchev–Trinajstić information content (AvgIpc) is 2.31. The maximum atomic E-state index is 11.5. The highest BCUT2D eigenvalue weighted by molar-refractivity contribution is 9.10. The molecule has 0 saturated heterocycles. The van der Waals surface area contributed by atoms with Gasteiger partial charge in [0.25, 0.3) is 0 Å². The predicted octanol–water partition coefficient (Wildman–Crippen LogP) is 1.24. The normalized spacial score (nSPS) is 10.1. The Morgan fingerprint density at radius 1 is 1.39 bits per heavy atom. The minimum Gasteiger partial charge on any atom is -0.481 e. The number of carboxylic acid groups (broad SMARTS) is 1. The average molecular weight is 316 g/mol. The van der Waals surface area contributed by atoms with Crippen LogP contribution in [0.5, 0.6) is 0 Å². The molecule has 0 aliphatic heterocycles. The molecule has 0 aliphatic carbocycles. The van der Waals surface area contributed by atoms with Crippen LogP contribution in [-0.4, -0.2) is 35.1 Å². The topological polar surface area (TPSA) is 91.3 Å². The first kappa shape index (κ1) is 14.6. The number of nitrogens with zero attached hydrogens (tertiary/aromatic N) is 1. The van der Waals surface area contributed by atoms with E-state index in [1.54, 1.807) is 18.3 Å². The number of amides is 1. The van der Waals surface area contributed by atoms with Crippen molar-refractivity contribution in [1.82, 2.24) is 10.3 Å². The first-order valence-electron chi connectivity index (χ1n) is 5.42. The van der Waals surface area contributed by atoms with E-state index in [9.17, 15) is 9.59 Å². The molecular formula is C11H14BrN3O3. The lowest BCUT2D eigenvalue weighted by atomic mass is 10.3. The van der Waals surface area contributed by atoms with Crippen LogP contribution < -0.4 is 10.6 Å². The highest BCUT2D eigenvalue weighted by atomic mass is 79.9. The number of anilines is 1. The molecule has 18 heavy (non-hydrogen) atoms. The van der Waals surface area contributed by atoms with Gasteiger partial charge in [-0.3, -0.25) is 9.59 Å². The van der Waals surface area contributed by atoms with Gasteiger partial charge in [-0.25, -0.2) is 4.98 Å². The molecule has 0 bridgehead atoms. The lowest BCUT2D eigenvalue weighted by Crippen LogP contribution is -2.29. The van der Waals surface area contributed by atoms with Crippen molar-refractivity contribution in [2.75, 3.05) is 18.4 Å². The van der Waals surface area contributed by atoms with Gasteiger partial charge in [0.15, 0.2) is 0 Å². The van der Waals surface area contributed by atoms with E-state index in [1.807, 2.05) is 0 Å². The molecule has 0 unspecified atom stereocenters. The quantitative estimate of drug-likeness (QED) is 0.658. The zero-order chi connectivity index (χ0) is 13.4. The molecule has 0 saturated carbocycles. The number of pyridine rings is 1. The van der Waals surface area contributed by atoms with Crippen LogP contribution in [0.3, 0.4) is 0 Å². The Balaban J connectivity index is 2.17. The molecule has 1 rings (SSSR count). The number of aliphatic carboxylic acids is 1. The number of halogens is 1. The van der Waals surface area contributed by atoms with Crippen molar-refractivity contribution in [2.45, 2.75) is 12.8 Å². The van der Waals surface area contributed by atoms with Crippen LogP contribution in [0, 0.1) is 0 Å². The van der Waals surface area contributed by atoms with E-state index >= 15 is 0 Å². The van der Waals surface area contributed by atoms with E-state index in [1.165, 1.54) is 0 Å². The predicted molar refractivity (Wildman–Crippen MR) is 70.3 cm³/mol. The van der Waals surface area contributed by atoms with Gasteiger partial charge in [-0.2, -0.15) is 0 Å². The molecule has 0 aliphatic rings. The third kappa shape index (κ3) is 6.31. The molecular weight excluding hydrogens is 302 g/mol. The van der Waals surface area contributed by atoms with Crippen molar-refractivity contribution < 1.29 is 14.7 Å². The summed E-state index contributed by atoms with van der Waals surface area (Å²) < 4.78 is 0.840. The standard InChI is InChI=1S/C11H14BrN3O3/c12-8-3-4-9(14-6-8)15-10(16)7-13-5-1-2-11(17)18/h3-4,6,13H,1-2,5,7H2,(H,17,18)(H,14,15,16). The smallest absolute Gasteiger partial charge is 0.303 e. The van der Waals surface area contributed by atoms with Crippen LogP contribution in [0.25, 0.3) is 0 Å². The van der Waals surface area contributed by atoms with Crippen molar-refractivity contribution in [3.8, 4) is 0 Å². The molecule has 98 valence electrons. The Kier molecular flexibility index (Phi) is 6.31. The van der Waals surface area contributed by atoms with Gasteiger partial charge in [0, 0.05) is 17.1 Å². The van der Waals surface area contributed by atoms with Gasteiger partial charge in [-0.15, -0.1) is 0 Å². The second kappa shape index (κ2) is 7.78. The molecule has 0 fully saturated rings. The zero-order valence-electron chi connectivity index (χ0n) is 9.65. The Bertz CT molecular complexity index is 408. The van der Waals surface area contributed by atoms with Gasteiger partial charge in [-0.1, -0.05) is 0 Å². The second-order valence-corrected chi connectivity index (χ2v) is 4.50. The summed E-state index contributed by atoms with van der Waals surface area (Å²) in [7, 11) is 0. The van der Waals surface area contributed by atoms with Crippen molar-refractivity contribution in [1.29, 1.82) is 0 Å². The van der Waals surface area contributed by atoms with Gasteiger partial charge in [0.2, 0.25) is 5.91 Å². The Morgan fingerprint density at radius 3 is 2.78 bits per heavy atom. The third-order valence-corrected chi connectivity index (χ3v) is 2.49. The molecule has 7 heteroatoms. The van der Waals surface area contributed by atoms with Crippen LogP contribution in [0.4, 0.5) is 5.82 Å². The lowest BCUT2D eigenvalue weighted by molar-refractivity contribution is -0.137. The summed E-state index contributed by atoms with van der Waals surface area (Å²) in [5.41, 5.74) is 0. The molecule has 1 aromatic rings. The van der Waals surface area contributed by atoms with Crippen LogP contribution in [-0.2, 0) is 9.59 Å². The summed E-state index contributed by atoms with van der Waals surface area (Å²) in [5, 5.41) is 13.9. The molecule has 1 heterocycles. The van der Waals surface area contributed by atoms with E-state index < -0.39 is 5.97 Å². The van der Waals surface area contributed by atoms with Crippen molar-refractivity contribution in [2.24, 2.45) is 0 Å². The number of hydrogen-bond donors (Lipinski definition) is 3. The van der Waals surface area contributed by atoms with E-state index in [2.05, 4.69) is 31.5 Å². The first-order chi connectivity index (χ1) is 8.58. The van der Waals surface area contributed by atoms with Crippen LogP contribution in [0.2, 0.25) is 0 Å². The SMILES string of the molecule is O=C(O)CCCNCC(=O)Nc1ccc(Br)cn1. The van der Waals surface area contributed by atoms with Crippen molar-refractivity contribution in [3.05, 3.63) is 22.8 Å². The fourth-order valence-corrected chi connectivity index (χ4v) is 1.44. The number of carboxylic acids is 1. The molecule has 0 spiro atoms. The fraction of sp³-hybridized carbons (Fsp3) is 0.364. The molecule has 3 N–H and O–H groups in total. The summed E-state index contributed by atoms with van der Waals surface area (Å²) in [6, 6.07) is 3.47. The minimum atomic E-state index is -0.833. The van der Waals surface area contributed by atoms with Gasteiger partial charge in [0.1, 0.15) is 5.82 Å². The Hall–Kier alpha value is -1.47. The van der Waals surface area contributed by atoms with E-state index in [0.29, 0.717) is 18.8 Å². The number of hydrogen-bond acceptors (Lipinski definition) is 4. The zero-order valence-corrected chi connectivity index (χ0v) is 11.2. The lowest BCUT2D eigenvalue weighted by Gasteiger charge is -2.05. The van der Waals surface area contributed by atoms with Gasteiger partial charge in [0.05, 0.1) is 6.54 Å². The van der Waals surface area contributed by atoms with Gasteiger partial charge >= 0.3 is 5.97 Å². The van der Waals surface area contributed by atoms with Gasteiger partial charge < -0.3 is 15.7 Å². The maximum Gasteiger partial charge on any atom is 0.303 e. The monoisotopic (exact) mass is 315 g/mol. The number of carbonyl (C=O) groups excluding carboxylic acids is 1. The molecule has 1 aromatic heterocycles. The Morgan fingerprint density at radius 2 is 2.17 bits per heavy atom. The summed E-state index contributed by atoms with van der Waals surface area (Å²) >= 11 is 3.25. The van der Waals surface area contributed by atoms with E-state index in [4.69, 9.17) is 5.11 Å². The largest absolute Gasteiger partial charge is 0.481 e. The highest BCUT2D eigenvalue weighted by Crippen LogP contribution is 2.09. The second-order valence-electron chi connectivity index (χ2n) is 3.58. The molecule has 0 aromatic carbocycles. The first-order valence-corrected chi connectivity index (χ1v) is 6.21. The molecule has 6 nitrogen and oxygen atoms in total. The molecule has 0 atom stereocenters. The van der Waals surface area contributed by atoms with Crippen LogP contribution in [0.1, 0.15) is 12.8 Å². The molecule has 0 radical (unpaired) electrons. The number of carbonyl (C=O) groups is 2. The number of aromatic nitrogens is 1.